The molecule has 0 saturated carbocycles. The molecule has 0 aromatic heterocycles. The minimum absolute atomic E-state index is 0.0272. The highest BCUT2D eigenvalue weighted by atomic mass is 16.5. The van der Waals surface area contributed by atoms with Crippen LogP contribution >= 0.6 is 0 Å². The van der Waals surface area contributed by atoms with Crippen LogP contribution in [0.1, 0.15) is 40.5 Å². The fourth-order valence-corrected chi connectivity index (χ4v) is 1.82. The number of hydrogen-bond acceptors (Lipinski definition) is 8. The van der Waals surface area contributed by atoms with Gasteiger partial charge in [0.05, 0.1) is 26.6 Å². The first-order chi connectivity index (χ1) is 11.5. The van der Waals surface area contributed by atoms with E-state index in [1.165, 1.54) is 14.2 Å². The quantitative estimate of drug-likeness (QED) is 0.568. The van der Waals surface area contributed by atoms with Gasteiger partial charge in [-0.3, -0.25) is 19.2 Å². The smallest absolute Gasteiger partial charge is 0.309 e. The highest BCUT2D eigenvalue weighted by Crippen LogP contribution is 2.27. The average molecular weight is 362 g/mol. The van der Waals surface area contributed by atoms with Crippen molar-refractivity contribution in [2.75, 3.05) is 27.4 Å². The van der Waals surface area contributed by atoms with E-state index in [0.29, 0.717) is 6.42 Å². The SMILES string of the molecule is CCC(C)(CC(=O)OC)C(=O)CO.COC(=O)C(C)C(C)C(=O)CO. The van der Waals surface area contributed by atoms with Crippen molar-refractivity contribution in [2.45, 2.75) is 40.5 Å². The molecule has 0 rings (SSSR count). The van der Waals surface area contributed by atoms with E-state index in [4.69, 9.17) is 10.2 Å². The number of aliphatic hydroxyl groups excluding tert-OH is 2. The van der Waals surface area contributed by atoms with Crippen molar-refractivity contribution in [3.05, 3.63) is 0 Å². The Labute approximate surface area is 148 Å². The lowest BCUT2D eigenvalue weighted by Crippen LogP contribution is -2.32. The average Bonchev–Trinajstić information content (AvgIpc) is 2.64. The third kappa shape index (κ3) is 8.74. The predicted molar refractivity (Wildman–Crippen MR) is 89.6 cm³/mol. The molecule has 0 amide bonds. The molecule has 8 heteroatoms. The normalized spacial score (nSPS) is 14.9. The number of ether oxygens (including phenoxy) is 2. The van der Waals surface area contributed by atoms with Gasteiger partial charge in [0.25, 0.3) is 0 Å². The summed E-state index contributed by atoms with van der Waals surface area (Å²) in [5, 5.41) is 17.2. The summed E-state index contributed by atoms with van der Waals surface area (Å²) in [6.45, 7) is 5.60. The zero-order chi connectivity index (χ0) is 20.2. The first kappa shape index (κ1) is 25.4. The van der Waals surface area contributed by atoms with Crippen molar-refractivity contribution in [1.29, 1.82) is 0 Å². The zero-order valence-corrected chi connectivity index (χ0v) is 15.8. The maximum Gasteiger partial charge on any atom is 0.309 e. The van der Waals surface area contributed by atoms with E-state index in [0.717, 1.165) is 0 Å². The van der Waals surface area contributed by atoms with Gasteiger partial charge in [-0.1, -0.05) is 27.7 Å². The van der Waals surface area contributed by atoms with Crippen LogP contribution in [0, 0.1) is 17.3 Å². The van der Waals surface area contributed by atoms with Gasteiger partial charge < -0.3 is 19.7 Å². The molecule has 0 spiro atoms. The van der Waals surface area contributed by atoms with Crippen molar-refractivity contribution in [3.63, 3.8) is 0 Å². The molecular weight excluding hydrogens is 332 g/mol. The van der Waals surface area contributed by atoms with Gasteiger partial charge in [-0.05, 0) is 6.42 Å². The second-order valence-corrected chi connectivity index (χ2v) is 5.97. The van der Waals surface area contributed by atoms with E-state index >= 15 is 0 Å². The highest BCUT2D eigenvalue weighted by Gasteiger charge is 2.33. The third-order valence-corrected chi connectivity index (χ3v) is 4.35. The van der Waals surface area contributed by atoms with Gasteiger partial charge in [0.2, 0.25) is 0 Å². The largest absolute Gasteiger partial charge is 0.469 e. The van der Waals surface area contributed by atoms with Crippen LogP contribution in [0.25, 0.3) is 0 Å². The second-order valence-electron chi connectivity index (χ2n) is 5.97. The number of methoxy groups -OCH3 is 2. The summed E-state index contributed by atoms with van der Waals surface area (Å²) >= 11 is 0. The Morgan fingerprint density at radius 3 is 1.80 bits per heavy atom. The maximum absolute atomic E-state index is 11.3. The maximum atomic E-state index is 11.3. The minimum Gasteiger partial charge on any atom is -0.469 e. The Morgan fingerprint density at radius 1 is 0.960 bits per heavy atom. The van der Waals surface area contributed by atoms with E-state index in [1.54, 1.807) is 27.7 Å². The van der Waals surface area contributed by atoms with Gasteiger partial charge in [0, 0.05) is 11.3 Å². The Hall–Kier alpha value is -1.80. The van der Waals surface area contributed by atoms with E-state index in [1.807, 2.05) is 0 Å². The number of ketones is 2. The summed E-state index contributed by atoms with van der Waals surface area (Å²) in [7, 11) is 2.55. The molecule has 0 fully saturated rings. The molecule has 146 valence electrons. The number of carbonyl (C=O) groups is 4. The molecule has 25 heavy (non-hydrogen) atoms. The number of esters is 2. The molecule has 0 aliphatic heterocycles. The Bertz CT molecular complexity index is 440. The van der Waals surface area contributed by atoms with Crippen LogP contribution in [-0.2, 0) is 28.7 Å². The summed E-state index contributed by atoms with van der Waals surface area (Å²) in [6, 6.07) is 0. The molecule has 8 nitrogen and oxygen atoms in total. The first-order valence-corrected chi connectivity index (χ1v) is 7.96. The second kappa shape index (κ2) is 12.5. The van der Waals surface area contributed by atoms with Crippen molar-refractivity contribution in [3.8, 4) is 0 Å². The number of hydrogen-bond donors (Lipinski definition) is 2. The lowest BCUT2D eigenvalue weighted by atomic mass is 9.80. The van der Waals surface area contributed by atoms with E-state index < -0.39 is 42.4 Å². The molecular formula is C17H30O8. The molecule has 0 heterocycles. The van der Waals surface area contributed by atoms with Crippen molar-refractivity contribution in [1.82, 2.24) is 0 Å². The predicted octanol–water partition coefficient (Wildman–Crippen LogP) is 0.520. The molecule has 0 aromatic carbocycles. The molecule has 0 aliphatic carbocycles. The summed E-state index contributed by atoms with van der Waals surface area (Å²) in [6.07, 6.45) is 0.543. The lowest BCUT2D eigenvalue weighted by molar-refractivity contribution is -0.149. The monoisotopic (exact) mass is 362 g/mol. The molecule has 3 unspecified atom stereocenters. The Morgan fingerprint density at radius 2 is 1.48 bits per heavy atom. The zero-order valence-electron chi connectivity index (χ0n) is 15.8. The van der Waals surface area contributed by atoms with Gasteiger partial charge in [0.1, 0.15) is 13.2 Å². The van der Waals surface area contributed by atoms with Crippen molar-refractivity contribution < 1.29 is 38.9 Å². The number of carbonyl (C=O) groups excluding carboxylic acids is 4. The van der Waals surface area contributed by atoms with E-state index in [2.05, 4.69) is 9.47 Å². The van der Waals surface area contributed by atoms with Crippen LogP contribution in [0.3, 0.4) is 0 Å². The van der Waals surface area contributed by atoms with Crippen LogP contribution in [0.15, 0.2) is 0 Å². The van der Waals surface area contributed by atoms with Gasteiger partial charge >= 0.3 is 11.9 Å². The molecule has 0 saturated heterocycles. The molecule has 0 aromatic rings. The highest BCUT2D eigenvalue weighted by molar-refractivity contribution is 5.89. The molecule has 0 aliphatic rings. The molecule has 0 bridgehead atoms. The minimum atomic E-state index is -0.790. The van der Waals surface area contributed by atoms with Crippen LogP contribution in [0.2, 0.25) is 0 Å². The Balaban J connectivity index is 0. The molecule has 0 radical (unpaired) electrons. The summed E-state index contributed by atoms with van der Waals surface area (Å²) in [5.41, 5.74) is -0.790. The number of Topliss-reactive ketones (excluding diaryl/α,β-unsaturated/α-hetero) is 2. The fraction of sp³-hybridized carbons (Fsp3) is 0.765. The standard InChI is InChI=1S/C9H16O4.C8H14O4/c1-4-9(2,7(11)6-10)5-8(12)13-3;1-5(7(10)4-9)6(2)8(11)12-3/h10H,4-6H2,1-3H3;5-6,9H,4H2,1-3H3. The third-order valence-electron chi connectivity index (χ3n) is 4.35. The van der Waals surface area contributed by atoms with Gasteiger partial charge in [-0.2, -0.15) is 0 Å². The van der Waals surface area contributed by atoms with Crippen LogP contribution < -0.4 is 0 Å². The number of rotatable bonds is 9. The fourth-order valence-electron chi connectivity index (χ4n) is 1.82. The van der Waals surface area contributed by atoms with Crippen molar-refractivity contribution >= 4 is 23.5 Å². The molecule has 2 N–H and O–H groups in total. The topological polar surface area (TPSA) is 127 Å². The lowest BCUT2D eigenvalue weighted by Gasteiger charge is -2.23. The van der Waals surface area contributed by atoms with Gasteiger partial charge in [-0.25, -0.2) is 0 Å². The van der Waals surface area contributed by atoms with Crippen molar-refractivity contribution in [2.24, 2.45) is 17.3 Å². The first-order valence-electron chi connectivity index (χ1n) is 7.96. The molecule has 3 atom stereocenters. The summed E-state index contributed by atoms with van der Waals surface area (Å²) < 4.78 is 8.92. The Kier molecular flexibility index (Phi) is 12.8. The van der Waals surface area contributed by atoms with E-state index in [-0.39, 0.29) is 18.0 Å². The van der Waals surface area contributed by atoms with Crippen LogP contribution in [0.4, 0.5) is 0 Å². The summed E-state index contributed by atoms with van der Waals surface area (Å²) in [5.74, 6) is -2.49. The van der Waals surface area contributed by atoms with Crippen LogP contribution in [-0.4, -0.2) is 61.2 Å². The number of aliphatic hydroxyl groups is 2. The summed E-state index contributed by atoms with van der Waals surface area (Å²) in [4.78, 5) is 44.0. The van der Waals surface area contributed by atoms with Gasteiger partial charge in [0.15, 0.2) is 11.6 Å². The van der Waals surface area contributed by atoms with Crippen LogP contribution in [0.5, 0.6) is 0 Å². The van der Waals surface area contributed by atoms with E-state index in [9.17, 15) is 19.2 Å². The van der Waals surface area contributed by atoms with Gasteiger partial charge in [-0.15, -0.1) is 0 Å².